The van der Waals surface area contributed by atoms with E-state index in [-0.39, 0.29) is 22.3 Å². The number of aromatic carboxylic acids is 1. The summed E-state index contributed by atoms with van der Waals surface area (Å²) < 4.78 is 0. The summed E-state index contributed by atoms with van der Waals surface area (Å²) >= 11 is 12.3. The zero-order chi connectivity index (χ0) is 18.4. The van der Waals surface area contributed by atoms with Gasteiger partial charge in [-0.2, -0.15) is 0 Å². The van der Waals surface area contributed by atoms with Gasteiger partial charge >= 0.3 is 5.97 Å². The highest BCUT2D eigenvalue weighted by molar-refractivity contribution is 8.00. The Kier molecular flexibility index (Phi) is 6.81. The van der Waals surface area contributed by atoms with E-state index >= 15 is 0 Å². The molecule has 25 heavy (non-hydrogen) atoms. The van der Waals surface area contributed by atoms with Crippen LogP contribution < -0.4 is 10.6 Å². The first-order valence-electron chi connectivity index (χ1n) is 7.18. The second-order valence-corrected chi connectivity index (χ2v) is 6.97. The van der Waals surface area contributed by atoms with Gasteiger partial charge in [0.2, 0.25) is 5.91 Å². The number of rotatable bonds is 5. The van der Waals surface area contributed by atoms with E-state index in [1.807, 2.05) is 12.1 Å². The number of anilines is 1. The molecule has 0 bridgehead atoms. The predicted octanol–water partition coefficient (Wildman–Crippen LogP) is 3.95. The molecule has 2 aromatic carbocycles. The van der Waals surface area contributed by atoms with Crippen LogP contribution in [-0.2, 0) is 4.79 Å². The second-order valence-electron chi connectivity index (χ2n) is 5.08. The third-order valence-corrected chi connectivity index (χ3v) is 4.63. The molecule has 0 heterocycles. The van der Waals surface area contributed by atoms with Crippen LogP contribution in [0.25, 0.3) is 0 Å². The summed E-state index contributed by atoms with van der Waals surface area (Å²) in [4.78, 5) is 23.8. The van der Waals surface area contributed by atoms with Crippen molar-refractivity contribution in [2.75, 3.05) is 11.1 Å². The van der Waals surface area contributed by atoms with Crippen LogP contribution in [0.4, 0.5) is 5.69 Å². The smallest absolute Gasteiger partial charge is 0.335 e. The van der Waals surface area contributed by atoms with Gasteiger partial charge in [-0.05, 0) is 67.2 Å². The van der Waals surface area contributed by atoms with Gasteiger partial charge < -0.3 is 15.7 Å². The van der Waals surface area contributed by atoms with Crippen LogP contribution >= 0.6 is 35.6 Å². The van der Waals surface area contributed by atoms with Gasteiger partial charge in [-0.1, -0.05) is 11.6 Å². The van der Waals surface area contributed by atoms with Crippen LogP contribution in [0.3, 0.4) is 0 Å². The first-order valence-corrected chi connectivity index (χ1v) is 8.95. The van der Waals surface area contributed by atoms with Crippen LogP contribution in [0.5, 0.6) is 0 Å². The minimum absolute atomic E-state index is 0.160. The number of carbonyl (C=O) groups is 2. The van der Waals surface area contributed by atoms with Gasteiger partial charge in [0.05, 0.1) is 11.3 Å². The Morgan fingerprint density at radius 1 is 1.20 bits per heavy atom. The normalized spacial score (nSPS) is 10.2. The Morgan fingerprint density at radius 3 is 2.48 bits per heavy atom. The third kappa shape index (κ3) is 6.04. The zero-order valence-electron chi connectivity index (χ0n) is 13.2. The molecular weight excluding hydrogens is 380 g/mol. The molecule has 0 aliphatic rings. The first kappa shape index (κ1) is 19.2. The number of nitrogens with one attached hydrogen (secondary N) is 2. The largest absolute Gasteiger partial charge is 0.478 e. The summed E-state index contributed by atoms with van der Waals surface area (Å²) in [7, 11) is 0. The highest BCUT2D eigenvalue weighted by Crippen LogP contribution is 2.20. The van der Waals surface area contributed by atoms with E-state index < -0.39 is 5.97 Å². The van der Waals surface area contributed by atoms with E-state index in [0.29, 0.717) is 16.3 Å². The molecule has 0 aromatic heterocycles. The quantitative estimate of drug-likeness (QED) is 0.526. The number of hydrogen-bond donors (Lipinski definition) is 3. The molecule has 0 radical (unpaired) electrons. The lowest BCUT2D eigenvalue weighted by Gasteiger charge is -2.12. The Hall–Kier alpha value is -2.09. The highest BCUT2D eigenvalue weighted by atomic mass is 35.5. The van der Waals surface area contributed by atoms with Crippen molar-refractivity contribution in [2.24, 2.45) is 0 Å². The summed E-state index contributed by atoms with van der Waals surface area (Å²) in [5.74, 6) is -1.03. The molecule has 2 rings (SSSR count). The number of carboxylic acids is 1. The number of thioether (sulfide) groups is 1. The van der Waals surface area contributed by atoms with Crippen molar-refractivity contribution in [3.05, 3.63) is 58.6 Å². The Morgan fingerprint density at radius 2 is 1.88 bits per heavy atom. The highest BCUT2D eigenvalue weighted by Gasteiger charge is 2.09. The van der Waals surface area contributed by atoms with Gasteiger partial charge in [0.25, 0.3) is 0 Å². The predicted molar refractivity (Wildman–Crippen MR) is 105 cm³/mol. The van der Waals surface area contributed by atoms with E-state index in [4.69, 9.17) is 28.9 Å². The summed E-state index contributed by atoms with van der Waals surface area (Å²) in [6, 6.07) is 11.8. The molecule has 3 N–H and O–H groups in total. The maximum atomic E-state index is 11.9. The van der Waals surface area contributed by atoms with E-state index in [9.17, 15) is 9.59 Å². The van der Waals surface area contributed by atoms with Gasteiger partial charge in [0.15, 0.2) is 5.11 Å². The lowest BCUT2D eigenvalue weighted by atomic mass is 10.1. The average Bonchev–Trinajstić information content (AvgIpc) is 2.56. The first-order chi connectivity index (χ1) is 11.8. The van der Waals surface area contributed by atoms with Crippen molar-refractivity contribution in [3.63, 3.8) is 0 Å². The van der Waals surface area contributed by atoms with E-state index in [1.165, 1.54) is 23.9 Å². The molecule has 5 nitrogen and oxygen atoms in total. The maximum Gasteiger partial charge on any atom is 0.335 e. The molecule has 0 saturated carbocycles. The Bertz CT molecular complexity index is 810. The molecule has 0 fully saturated rings. The Labute approximate surface area is 159 Å². The molecule has 0 unspecified atom stereocenters. The van der Waals surface area contributed by atoms with Gasteiger partial charge in [-0.15, -0.1) is 11.8 Å². The SMILES string of the molecule is Cc1cc(C(=O)O)ccc1NC(=S)NC(=O)CSc1ccc(Cl)cc1. The van der Waals surface area contributed by atoms with Gasteiger partial charge in [0.1, 0.15) is 0 Å². The van der Waals surface area contributed by atoms with Gasteiger partial charge in [-0.25, -0.2) is 4.79 Å². The summed E-state index contributed by atoms with van der Waals surface area (Å²) in [6.07, 6.45) is 0. The number of hydrogen-bond acceptors (Lipinski definition) is 4. The fraction of sp³-hybridized carbons (Fsp3) is 0.118. The Balaban J connectivity index is 1.86. The van der Waals surface area contributed by atoms with E-state index in [0.717, 1.165) is 4.90 Å². The molecule has 0 spiro atoms. The topological polar surface area (TPSA) is 78.4 Å². The van der Waals surface area contributed by atoms with Crippen molar-refractivity contribution in [2.45, 2.75) is 11.8 Å². The molecular formula is C17H15ClN2O3S2. The number of carbonyl (C=O) groups excluding carboxylic acids is 1. The molecule has 130 valence electrons. The molecule has 0 aliphatic carbocycles. The van der Waals surface area contributed by atoms with Crippen molar-refractivity contribution in [1.82, 2.24) is 5.32 Å². The summed E-state index contributed by atoms with van der Waals surface area (Å²) in [5, 5.41) is 15.2. The van der Waals surface area contributed by atoms with Crippen LogP contribution in [0, 0.1) is 6.92 Å². The number of thiocarbonyl (C=S) groups is 1. The van der Waals surface area contributed by atoms with E-state index in [1.54, 1.807) is 25.1 Å². The minimum atomic E-state index is -0.996. The molecule has 1 amide bonds. The molecule has 0 saturated heterocycles. The van der Waals surface area contributed by atoms with Crippen molar-refractivity contribution < 1.29 is 14.7 Å². The standard InChI is InChI=1S/C17H15ClN2O3S2/c1-10-8-11(16(22)23)2-7-14(10)19-17(24)20-15(21)9-25-13-5-3-12(18)4-6-13/h2-8H,9H2,1H3,(H,22,23)(H2,19,20,21,24). The maximum absolute atomic E-state index is 11.9. The van der Waals surface area contributed by atoms with Crippen molar-refractivity contribution in [3.8, 4) is 0 Å². The molecule has 8 heteroatoms. The van der Waals surface area contributed by atoms with Crippen molar-refractivity contribution >= 4 is 58.3 Å². The molecule has 0 atom stereocenters. The van der Waals surface area contributed by atoms with Gasteiger partial charge in [-0.3, -0.25) is 4.79 Å². The van der Waals surface area contributed by atoms with Crippen molar-refractivity contribution in [1.29, 1.82) is 0 Å². The fourth-order valence-corrected chi connectivity index (χ4v) is 2.98. The van der Waals surface area contributed by atoms with E-state index in [2.05, 4.69) is 10.6 Å². The lowest BCUT2D eigenvalue weighted by molar-refractivity contribution is -0.117. The number of benzene rings is 2. The summed E-state index contributed by atoms with van der Waals surface area (Å²) in [5.41, 5.74) is 1.55. The zero-order valence-corrected chi connectivity index (χ0v) is 15.6. The molecule has 2 aromatic rings. The lowest BCUT2D eigenvalue weighted by Crippen LogP contribution is -2.35. The average molecular weight is 395 g/mol. The number of carboxylic acid groups (broad SMARTS) is 1. The van der Waals surface area contributed by atoms with Crippen LogP contribution in [0.1, 0.15) is 15.9 Å². The number of amides is 1. The van der Waals surface area contributed by atoms with Crippen LogP contribution in [0.15, 0.2) is 47.4 Å². The number of aryl methyl sites for hydroxylation is 1. The second kappa shape index (κ2) is 8.84. The van der Waals surface area contributed by atoms with Crippen LogP contribution in [-0.4, -0.2) is 27.8 Å². The van der Waals surface area contributed by atoms with Gasteiger partial charge in [0, 0.05) is 15.6 Å². The number of halogens is 1. The monoisotopic (exact) mass is 394 g/mol. The third-order valence-electron chi connectivity index (χ3n) is 3.16. The fourth-order valence-electron chi connectivity index (χ4n) is 1.93. The van der Waals surface area contributed by atoms with Crippen LogP contribution in [0.2, 0.25) is 5.02 Å². The molecule has 0 aliphatic heterocycles. The minimum Gasteiger partial charge on any atom is -0.478 e. The summed E-state index contributed by atoms with van der Waals surface area (Å²) in [6.45, 7) is 1.76.